The van der Waals surface area contributed by atoms with Gasteiger partial charge >= 0.3 is 17.8 Å². The summed E-state index contributed by atoms with van der Waals surface area (Å²) in [6.07, 6.45) is 0.0688. The van der Waals surface area contributed by atoms with Crippen LogP contribution in [0.5, 0.6) is 0 Å². The van der Waals surface area contributed by atoms with Crippen LogP contribution in [0.1, 0.15) is 27.2 Å². The van der Waals surface area contributed by atoms with Gasteiger partial charge in [-0.15, -0.1) is 0 Å². The zero-order valence-electron chi connectivity index (χ0n) is 15.3. The number of imide groups is 2. The minimum Gasteiger partial charge on any atom is -0.324 e. The zero-order valence-corrected chi connectivity index (χ0v) is 15.3. The van der Waals surface area contributed by atoms with Crippen molar-refractivity contribution >= 4 is 41.0 Å². The van der Waals surface area contributed by atoms with E-state index in [4.69, 9.17) is 0 Å². The lowest BCUT2D eigenvalue weighted by Gasteiger charge is -2.29. The standard InChI is InChI=1S/C18H20N4O5/c1-10(2)21-17(26)16(25)20(18(21)27)9-15(24)22-11(3)8-14(23)19-12-6-4-5-7-13(12)22/h4-7,10-11H,8-9H2,1-3H3,(H,19,23)/t11-/m0/s1. The Kier molecular flexibility index (Phi) is 4.69. The molecule has 0 spiro atoms. The monoisotopic (exact) mass is 372 g/mol. The Bertz CT molecular complexity index is 850. The molecule has 1 aromatic carbocycles. The fourth-order valence-electron chi connectivity index (χ4n) is 3.30. The molecule has 27 heavy (non-hydrogen) atoms. The minimum atomic E-state index is -1.02. The van der Waals surface area contributed by atoms with Crippen molar-refractivity contribution in [3.63, 3.8) is 0 Å². The van der Waals surface area contributed by atoms with Gasteiger partial charge in [0.1, 0.15) is 6.54 Å². The van der Waals surface area contributed by atoms with E-state index in [1.807, 2.05) is 0 Å². The van der Waals surface area contributed by atoms with Crippen molar-refractivity contribution in [2.45, 2.75) is 39.3 Å². The second-order valence-corrected chi connectivity index (χ2v) is 6.82. The summed E-state index contributed by atoms with van der Waals surface area (Å²) >= 11 is 0. The molecule has 2 aliphatic heterocycles. The number of rotatable bonds is 3. The number of hydrogen-bond donors (Lipinski definition) is 1. The van der Waals surface area contributed by atoms with Crippen molar-refractivity contribution in [3.8, 4) is 0 Å². The molecule has 0 bridgehead atoms. The molecule has 0 saturated carbocycles. The van der Waals surface area contributed by atoms with Gasteiger partial charge in [0.15, 0.2) is 0 Å². The van der Waals surface area contributed by atoms with E-state index < -0.39 is 42.4 Å². The number of benzene rings is 1. The second-order valence-electron chi connectivity index (χ2n) is 6.82. The summed E-state index contributed by atoms with van der Waals surface area (Å²) in [5.41, 5.74) is 0.950. The van der Waals surface area contributed by atoms with Crippen LogP contribution in [0.4, 0.5) is 16.2 Å². The first kappa shape index (κ1) is 18.6. The first-order valence-corrected chi connectivity index (χ1v) is 8.62. The van der Waals surface area contributed by atoms with Crippen molar-refractivity contribution in [2.24, 2.45) is 0 Å². The summed E-state index contributed by atoms with van der Waals surface area (Å²) in [5.74, 6) is -2.75. The molecule has 2 heterocycles. The highest BCUT2D eigenvalue weighted by atomic mass is 16.2. The maximum absolute atomic E-state index is 13.0. The molecule has 1 aromatic rings. The highest BCUT2D eigenvalue weighted by Gasteiger charge is 2.47. The number of amides is 6. The van der Waals surface area contributed by atoms with Gasteiger partial charge in [-0.25, -0.2) is 9.69 Å². The molecule has 0 aliphatic carbocycles. The summed E-state index contributed by atoms with van der Waals surface area (Å²) < 4.78 is 0. The predicted octanol–water partition coefficient (Wildman–Crippen LogP) is 0.950. The maximum atomic E-state index is 13.0. The van der Waals surface area contributed by atoms with Crippen LogP contribution in [0, 0.1) is 0 Å². The Morgan fingerprint density at radius 1 is 1.15 bits per heavy atom. The van der Waals surface area contributed by atoms with Gasteiger partial charge in [0.2, 0.25) is 11.8 Å². The smallest absolute Gasteiger partial charge is 0.324 e. The summed E-state index contributed by atoms with van der Waals surface area (Å²) in [7, 11) is 0. The van der Waals surface area contributed by atoms with Gasteiger partial charge in [0, 0.05) is 18.5 Å². The average molecular weight is 372 g/mol. The molecule has 2 aliphatic rings. The Balaban J connectivity index is 1.90. The summed E-state index contributed by atoms with van der Waals surface area (Å²) in [5, 5.41) is 2.74. The molecule has 9 nitrogen and oxygen atoms in total. The Labute approximate surface area is 155 Å². The fraction of sp³-hybridized carbons (Fsp3) is 0.389. The number of urea groups is 1. The quantitative estimate of drug-likeness (QED) is 0.628. The van der Waals surface area contributed by atoms with E-state index in [-0.39, 0.29) is 12.3 Å². The van der Waals surface area contributed by atoms with Crippen LogP contribution in [0.15, 0.2) is 24.3 Å². The van der Waals surface area contributed by atoms with Crippen LogP contribution in [0.3, 0.4) is 0 Å². The van der Waals surface area contributed by atoms with E-state index in [0.717, 1.165) is 4.90 Å². The van der Waals surface area contributed by atoms with Crippen molar-refractivity contribution < 1.29 is 24.0 Å². The molecular formula is C18H20N4O5. The second kappa shape index (κ2) is 6.82. The fourth-order valence-corrected chi connectivity index (χ4v) is 3.30. The van der Waals surface area contributed by atoms with Gasteiger partial charge in [-0.3, -0.25) is 24.1 Å². The first-order chi connectivity index (χ1) is 12.7. The van der Waals surface area contributed by atoms with E-state index in [2.05, 4.69) is 5.32 Å². The molecule has 1 N–H and O–H groups in total. The van der Waals surface area contributed by atoms with Crippen LogP contribution in [0.2, 0.25) is 0 Å². The lowest BCUT2D eigenvalue weighted by Crippen LogP contribution is -2.47. The average Bonchev–Trinajstić information content (AvgIpc) is 2.73. The van der Waals surface area contributed by atoms with Gasteiger partial charge in [0.05, 0.1) is 11.4 Å². The lowest BCUT2D eigenvalue weighted by molar-refractivity contribution is -0.144. The van der Waals surface area contributed by atoms with Gasteiger partial charge < -0.3 is 10.2 Å². The normalized spacial score (nSPS) is 20.1. The minimum absolute atomic E-state index is 0.0688. The number of nitrogens with zero attached hydrogens (tertiary/aromatic N) is 3. The van der Waals surface area contributed by atoms with Crippen molar-refractivity contribution in [1.82, 2.24) is 9.80 Å². The lowest BCUT2D eigenvalue weighted by atomic mass is 10.1. The molecule has 0 radical (unpaired) electrons. The number of nitrogens with one attached hydrogen (secondary N) is 1. The molecule has 0 unspecified atom stereocenters. The third kappa shape index (κ3) is 3.16. The molecule has 142 valence electrons. The topological polar surface area (TPSA) is 107 Å². The zero-order chi connectivity index (χ0) is 19.9. The molecule has 1 fully saturated rings. The largest absolute Gasteiger partial charge is 0.334 e. The summed E-state index contributed by atoms with van der Waals surface area (Å²) in [6.45, 7) is 4.36. The van der Waals surface area contributed by atoms with Crippen molar-refractivity contribution in [2.75, 3.05) is 16.8 Å². The third-order valence-corrected chi connectivity index (χ3v) is 4.52. The van der Waals surface area contributed by atoms with Crippen molar-refractivity contribution in [1.29, 1.82) is 0 Å². The molecule has 0 aromatic heterocycles. The molecule has 6 amide bonds. The van der Waals surface area contributed by atoms with Gasteiger partial charge in [-0.2, -0.15) is 0 Å². The SMILES string of the molecule is CC(C)N1C(=O)C(=O)N(CC(=O)N2c3ccccc3NC(=O)C[C@@H]2C)C1=O. The Morgan fingerprint density at radius 3 is 2.44 bits per heavy atom. The van der Waals surface area contributed by atoms with E-state index in [1.165, 1.54) is 4.90 Å². The van der Waals surface area contributed by atoms with Crippen LogP contribution >= 0.6 is 0 Å². The highest BCUT2D eigenvalue weighted by molar-refractivity contribution is 6.45. The first-order valence-electron chi connectivity index (χ1n) is 8.62. The van der Waals surface area contributed by atoms with Crippen molar-refractivity contribution in [3.05, 3.63) is 24.3 Å². The van der Waals surface area contributed by atoms with Gasteiger partial charge in [-0.05, 0) is 32.9 Å². The van der Waals surface area contributed by atoms with Gasteiger partial charge in [-0.1, -0.05) is 12.1 Å². The Morgan fingerprint density at radius 2 is 1.81 bits per heavy atom. The molecule has 1 atom stereocenters. The third-order valence-electron chi connectivity index (χ3n) is 4.52. The molecule has 9 heteroatoms. The van der Waals surface area contributed by atoms with E-state index in [9.17, 15) is 24.0 Å². The van der Waals surface area contributed by atoms with Crippen LogP contribution in [-0.4, -0.2) is 58.1 Å². The van der Waals surface area contributed by atoms with Crippen LogP contribution in [-0.2, 0) is 19.2 Å². The maximum Gasteiger partial charge on any atom is 0.334 e. The number of carbonyl (C=O) groups excluding carboxylic acids is 5. The number of fused-ring (bicyclic) bond motifs is 1. The molecular weight excluding hydrogens is 352 g/mol. The van der Waals surface area contributed by atoms with Crippen LogP contribution in [0.25, 0.3) is 0 Å². The number of anilines is 2. The molecule has 3 rings (SSSR count). The number of para-hydroxylation sites is 2. The van der Waals surface area contributed by atoms with E-state index in [0.29, 0.717) is 16.3 Å². The van der Waals surface area contributed by atoms with Gasteiger partial charge in [0.25, 0.3) is 0 Å². The number of hydrogen-bond acceptors (Lipinski definition) is 5. The molecule has 1 saturated heterocycles. The van der Waals surface area contributed by atoms with Crippen LogP contribution < -0.4 is 10.2 Å². The Hall–Kier alpha value is -3.23. The predicted molar refractivity (Wildman–Crippen MR) is 95.7 cm³/mol. The number of carbonyl (C=O) groups is 5. The summed E-state index contributed by atoms with van der Waals surface area (Å²) in [4.78, 5) is 64.5. The van der Waals surface area contributed by atoms with E-state index in [1.54, 1.807) is 45.0 Å². The summed E-state index contributed by atoms with van der Waals surface area (Å²) in [6, 6.07) is 5.01. The highest BCUT2D eigenvalue weighted by Crippen LogP contribution is 2.31. The van der Waals surface area contributed by atoms with E-state index >= 15 is 0 Å².